The van der Waals surface area contributed by atoms with Gasteiger partial charge in [0.15, 0.2) is 10.3 Å². The number of carbonyl (C=O) groups excluding carboxylic acids is 1. The van der Waals surface area contributed by atoms with E-state index in [2.05, 4.69) is 4.74 Å². The number of rotatable bonds is 3. The second-order valence-electron chi connectivity index (χ2n) is 2.98. The zero-order chi connectivity index (χ0) is 10.8. The molecule has 8 heteroatoms. The van der Waals surface area contributed by atoms with Crippen LogP contribution in [0.2, 0.25) is 0 Å². The van der Waals surface area contributed by atoms with Gasteiger partial charge in [-0.05, 0) is 19.8 Å². The molecule has 1 saturated heterocycles. The molecule has 0 aromatic heterocycles. The minimum atomic E-state index is -4.53. The molecule has 1 unspecified atom stereocenters. The van der Waals surface area contributed by atoms with Crippen LogP contribution in [0.5, 0.6) is 0 Å². The van der Waals surface area contributed by atoms with E-state index in [0.717, 1.165) is 0 Å². The topological polar surface area (TPSA) is 86.7 Å². The molecule has 0 aromatic carbocycles. The van der Waals surface area contributed by atoms with E-state index in [9.17, 15) is 17.8 Å². The first kappa shape index (κ1) is 15.3. The Morgan fingerprint density at radius 2 is 2.20 bits per heavy atom. The summed E-state index contributed by atoms with van der Waals surface area (Å²) in [7, 11) is -4.53. The molecule has 1 rings (SSSR count). The van der Waals surface area contributed by atoms with Crippen LogP contribution in [-0.2, 0) is 19.8 Å². The quantitative estimate of drug-likeness (QED) is 0.292. The van der Waals surface area contributed by atoms with E-state index in [1.807, 2.05) is 0 Å². The molecule has 0 aliphatic carbocycles. The third-order valence-electron chi connectivity index (χ3n) is 2.05. The van der Waals surface area contributed by atoms with E-state index in [0.29, 0.717) is 17.1 Å². The molecule has 0 N–H and O–H groups in total. The van der Waals surface area contributed by atoms with Gasteiger partial charge >= 0.3 is 35.5 Å². The van der Waals surface area contributed by atoms with E-state index in [1.165, 1.54) is 0 Å². The molecule has 0 amide bonds. The molecular weight excluding hydrogens is 233 g/mol. The minimum absolute atomic E-state index is 0. The van der Waals surface area contributed by atoms with Crippen LogP contribution in [0, 0.1) is 0 Å². The maximum absolute atomic E-state index is 11.2. The Hall–Kier alpha value is 0.340. The molecule has 82 valence electrons. The number of hydrogen-bond donors (Lipinski definition) is 0. The van der Waals surface area contributed by atoms with Crippen molar-refractivity contribution in [2.75, 3.05) is 13.2 Å². The van der Waals surface area contributed by atoms with Gasteiger partial charge in [0.05, 0.1) is 6.61 Å². The van der Waals surface area contributed by atoms with Crippen LogP contribution < -0.4 is 29.6 Å². The molecule has 6 nitrogen and oxygen atoms in total. The molecule has 0 bridgehead atoms. The molecule has 1 fully saturated rings. The Morgan fingerprint density at radius 1 is 1.60 bits per heavy atom. The molecule has 0 saturated carbocycles. The van der Waals surface area contributed by atoms with Crippen molar-refractivity contribution in [3.8, 4) is 0 Å². The largest absolute Gasteiger partial charge is 1.00 e. The second kappa shape index (κ2) is 6.17. The van der Waals surface area contributed by atoms with E-state index < -0.39 is 22.3 Å². The molecule has 1 aliphatic heterocycles. The van der Waals surface area contributed by atoms with E-state index in [-0.39, 0.29) is 42.7 Å². The van der Waals surface area contributed by atoms with Gasteiger partial charge in [-0.1, -0.05) is 0 Å². The summed E-state index contributed by atoms with van der Waals surface area (Å²) in [6.07, 6.45) is 0.880. The van der Waals surface area contributed by atoms with Crippen LogP contribution in [0.25, 0.3) is 0 Å². The summed E-state index contributed by atoms with van der Waals surface area (Å²) in [5.41, 5.74) is 0. The number of esters is 1. The normalized spacial score (nSPS) is 22.1. The Morgan fingerprint density at radius 3 is 2.67 bits per heavy atom. The fourth-order valence-corrected chi connectivity index (χ4v) is 2.34. The fourth-order valence-electron chi connectivity index (χ4n) is 1.48. The van der Waals surface area contributed by atoms with Crippen molar-refractivity contribution in [1.82, 2.24) is 4.31 Å². The summed E-state index contributed by atoms with van der Waals surface area (Å²) in [6, 6.07) is -0.919. The van der Waals surface area contributed by atoms with Crippen LogP contribution in [0.3, 0.4) is 0 Å². The fraction of sp³-hybridized carbons (Fsp3) is 0.857. The number of nitrogens with zero attached hydrogens (tertiary/aromatic N) is 1. The van der Waals surface area contributed by atoms with Crippen LogP contribution in [-0.4, -0.2) is 42.4 Å². The summed E-state index contributed by atoms with van der Waals surface area (Å²) in [5.74, 6) is -0.635. The SMILES string of the molecule is CCOC(=O)C1CCCN1S(=O)(=O)[O-].[Na+]. The predicted octanol–water partition coefficient (Wildman–Crippen LogP) is -3.52. The molecule has 0 radical (unpaired) electrons. The number of hydrogen-bond acceptors (Lipinski definition) is 5. The second-order valence-corrected chi connectivity index (χ2v) is 4.30. The van der Waals surface area contributed by atoms with Crippen LogP contribution in [0.4, 0.5) is 0 Å². The summed E-state index contributed by atoms with van der Waals surface area (Å²) in [5, 5.41) is 0. The third kappa shape index (κ3) is 4.01. The molecule has 0 aromatic rings. The van der Waals surface area contributed by atoms with Gasteiger partial charge in [-0.2, -0.15) is 4.31 Å². The van der Waals surface area contributed by atoms with E-state index >= 15 is 0 Å². The zero-order valence-electron chi connectivity index (χ0n) is 8.80. The zero-order valence-corrected chi connectivity index (χ0v) is 11.6. The van der Waals surface area contributed by atoms with Crippen molar-refractivity contribution < 1.29 is 52.1 Å². The average molecular weight is 245 g/mol. The van der Waals surface area contributed by atoms with Crippen molar-refractivity contribution in [2.24, 2.45) is 0 Å². The first-order valence-corrected chi connectivity index (χ1v) is 5.72. The van der Waals surface area contributed by atoms with E-state index in [1.54, 1.807) is 6.92 Å². The van der Waals surface area contributed by atoms with Crippen LogP contribution in [0.1, 0.15) is 19.8 Å². The van der Waals surface area contributed by atoms with Crippen molar-refractivity contribution in [3.63, 3.8) is 0 Å². The Kier molecular flexibility index (Phi) is 6.31. The molecular formula is C7H12NNaO5S. The molecule has 1 aliphatic rings. The number of ether oxygens (including phenoxy) is 1. The molecule has 15 heavy (non-hydrogen) atoms. The standard InChI is InChI=1S/C7H13NO5S.Na/c1-2-13-7(9)6-4-3-5-8(6)14(10,11)12;/h6H,2-5H2,1H3,(H,10,11,12);/q;+1/p-1. The van der Waals surface area contributed by atoms with Crippen LogP contribution in [0.15, 0.2) is 0 Å². The van der Waals surface area contributed by atoms with Gasteiger partial charge in [0.25, 0.3) is 0 Å². The van der Waals surface area contributed by atoms with Crippen molar-refractivity contribution in [1.29, 1.82) is 0 Å². The predicted molar refractivity (Wildman–Crippen MR) is 46.1 cm³/mol. The molecule has 0 spiro atoms. The van der Waals surface area contributed by atoms with Gasteiger partial charge in [0.2, 0.25) is 0 Å². The smallest absolute Gasteiger partial charge is 0.735 e. The van der Waals surface area contributed by atoms with Gasteiger partial charge in [-0.3, -0.25) is 4.79 Å². The average Bonchev–Trinajstić information content (AvgIpc) is 2.50. The first-order chi connectivity index (χ1) is 6.46. The van der Waals surface area contributed by atoms with Crippen molar-refractivity contribution in [3.05, 3.63) is 0 Å². The Labute approximate surface area is 111 Å². The maximum atomic E-state index is 11.2. The van der Waals surface area contributed by atoms with Gasteiger partial charge in [0.1, 0.15) is 6.04 Å². The Bertz CT molecular complexity index is 317. The first-order valence-electron chi connectivity index (χ1n) is 4.36. The van der Waals surface area contributed by atoms with Gasteiger partial charge in [-0.25, -0.2) is 8.42 Å². The minimum Gasteiger partial charge on any atom is -0.735 e. The van der Waals surface area contributed by atoms with Crippen LogP contribution >= 0.6 is 0 Å². The maximum Gasteiger partial charge on any atom is 1.00 e. The molecule has 1 atom stereocenters. The van der Waals surface area contributed by atoms with Gasteiger partial charge < -0.3 is 9.29 Å². The van der Waals surface area contributed by atoms with Gasteiger partial charge in [0, 0.05) is 6.54 Å². The summed E-state index contributed by atoms with van der Waals surface area (Å²) in [4.78, 5) is 11.2. The summed E-state index contributed by atoms with van der Waals surface area (Å²) < 4.78 is 37.5. The number of carbonyl (C=O) groups is 1. The van der Waals surface area contributed by atoms with Crippen molar-refractivity contribution >= 4 is 16.3 Å². The monoisotopic (exact) mass is 245 g/mol. The van der Waals surface area contributed by atoms with E-state index in [4.69, 9.17) is 0 Å². The third-order valence-corrected chi connectivity index (χ3v) is 3.06. The Balaban J connectivity index is 0.00000196. The summed E-state index contributed by atoms with van der Waals surface area (Å²) >= 11 is 0. The van der Waals surface area contributed by atoms with Crippen molar-refractivity contribution in [2.45, 2.75) is 25.8 Å². The molecule has 1 heterocycles. The van der Waals surface area contributed by atoms with Gasteiger partial charge in [-0.15, -0.1) is 0 Å². The summed E-state index contributed by atoms with van der Waals surface area (Å²) in [6.45, 7) is 1.92.